The summed E-state index contributed by atoms with van der Waals surface area (Å²) in [5, 5.41) is 9.30. The number of carbonyl (C=O) groups excluding carboxylic acids is 1. The first-order chi connectivity index (χ1) is 10.7. The van der Waals surface area contributed by atoms with Crippen molar-refractivity contribution in [3.8, 4) is 17.3 Å². The van der Waals surface area contributed by atoms with Gasteiger partial charge >= 0.3 is 5.97 Å². The summed E-state index contributed by atoms with van der Waals surface area (Å²) in [5.74, 6) is -1.06. The predicted molar refractivity (Wildman–Crippen MR) is 83.7 cm³/mol. The minimum atomic E-state index is -0.651. The van der Waals surface area contributed by atoms with Crippen LogP contribution in [0.4, 0.5) is 5.69 Å². The van der Waals surface area contributed by atoms with Crippen molar-refractivity contribution in [1.29, 1.82) is 5.26 Å². The van der Waals surface area contributed by atoms with Gasteiger partial charge in [0, 0.05) is 5.56 Å². The van der Waals surface area contributed by atoms with Crippen LogP contribution >= 0.6 is 0 Å². The Morgan fingerprint density at radius 1 is 1.32 bits per heavy atom. The smallest absolute Gasteiger partial charge is 0.307 e. The molecule has 0 aliphatic heterocycles. The van der Waals surface area contributed by atoms with Crippen LogP contribution in [0.25, 0.3) is 11.3 Å². The highest BCUT2D eigenvalue weighted by atomic mass is 16.5. The van der Waals surface area contributed by atoms with Crippen molar-refractivity contribution < 1.29 is 9.53 Å². The van der Waals surface area contributed by atoms with Gasteiger partial charge in [0.05, 0.1) is 42.1 Å². The lowest BCUT2D eigenvalue weighted by atomic mass is 10.0. The molecule has 2 N–H and O–H groups in total. The number of aromatic nitrogens is 1. The molecule has 0 aliphatic carbocycles. The van der Waals surface area contributed by atoms with Crippen LogP contribution in [0.2, 0.25) is 0 Å². The van der Waals surface area contributed by atoms with E-state index in [1.807, 2.05) is 30.3 Å². The summed E-state index contributed by atoms with van der Waals surface area (Å²) in [6.45, 7) is 2.02. The van der Waals surface area contributed by atoms with Crippen LogP contribution in [0.15, 0.2) is 42.5 Å². The highest BCUT2D eigenvalue weighted by molar-refractivity contribution is 5.73. The molecule has 0 radical (unpaired) electrons. The highest BCUT2D eigenvalue weighted by Crippen LogP contribution is 2.27. The van der Waals surface area contributed by atoms with E-state index in [-0.39, 0.29) is 6.42 Å². The van der Waals surface area contributed by atoms with E-state index in [1.54, 1.807) is 19.1 Å². The molecule has 0 saturated carbocycles. The van der Waals surface area contributed by atoms with Gasteiger partial charge in [-0.1, -0.05) is 30.3 Å². The van der Waals surface area contributed by atoms with E-state index in [9.17, 15) is 10.1 Å². The monoisotopic (exact) mass is 295 g/mol. The SMILES string of the molecule is CCOC(=O)CC(C#N)c1ccc(N)c(-c2ccccc2)n1. The van der Waals surface area contributed by atoms with E-state index in [4.69, 9.17) is 10.5 Å². The number of hydrogen-bond donors (Lipinski definition) is 1. The summed E-state index contributed by atoms with van der Waals surface area (Å²) in [6.07, 6.45) is -0.0184. The second-order valence-electron chi connectivity index (χ2n) is 4.73. The molecule has 0 bridgehead atoms. The first-order valence-electron chi connectivity index (χ1n) is 7.02. The maximum Gasteiger partial charge on any atom is 0.307 e. The number of nitriles is 1. The molecular weight excluding hydrogens is 278 g/mol. The minimum Gasteiger partial charge on any atom is -0.466 e. The van der Waals surface area contributed by atoms with Crippen LogP contribution in [0.3, 0.4) is 0 Å². The van der Waals surface area contributed by atoms with Gasteiger partial charge in [0.25, 0.3) is 0 Å². The molecule has 2 aromatic rings. The molecule has 1 unspecified atom stereocenters. The number of hydrogen-bond acceptors (Lipinski definition) is 5. The second-order valence-corrected chi connectivity index (χ2v) is 4.73. The fraction of sp³-hybridized carbons (Fsp3) is 0.235. The molecule has 0 saturated heterocycles. The summed E-state index contributed by atoms with van der Waals surface area (Å²) >= 11 is 0. The molecule has 1 heterocycles. The van der Waals surface area contributed by atoms with Crippen molar-refractivity contribution in [2.75, 3.05) is 12.3 Å². The number of nitrogens with two attached hydrogens (primary N) is 1. The zero-order valence-corrected chi connectivity index (χ0v) is 12.3. The Morgan fingerprint density at radius 3 is 2.68 bits per heavy atom. The van der Waals surface area contributed by atoms with Gasteiger partial charge in [-0.05, 0) is 19.1 Å². The van der Waals surface area contributed by atoms with Crippen LogP contribution in [0.5, 0.6) is 0 Å². The first-order valence-corrected chi connectivity index (χ1v) is 7.02. The molecule has 22 heavy (non-hydrogen) atoms. The molecule has 112 valence electrons. The Kier molecular flexibility index (Phi) is 5.10. The Morgan fingerprint density at radius 2 is 2.05 bits per heavy atom. The van der Waals surface area contributed by atoms with E-state index in [0.29, 0.717) is 23.7 Å². The van der Waals surface area contributed by atoms with Crippen molar-refractivity contribution in [2.24, 2.45) is 0 Å². The van der Waals surface area contributed by atoms with E-state index in [1.165, 1.54) is 0 Å². The lowest BCUT2D eigenvalue weighted by Crippen LogP contribution is -2.11. The zero-order valence-electron chi connectivity index (χ0n) is 12.3. The largest absolute Gasteiger partial charge is 0.466 e. The van der Waals surface area contributed by atoms with Crippen molar-refractivity contribution in [1.82, 2.24) is 4.98 Å². The average Bonchev–Trinajstić information content (AvgIpc) is 2.54. The summed E-state index contributed by atoms with van der Waals surface area (Å²) in [4.78, 5) is 16.1. The van der Waals surface area contributed by atoms with Gasteiger partial charge in [-0.15, -0.1) is 0 Å². The van der Waals surface area contributed by atoms with E-state index < -0.39 is 11.9 Å². The summed E-state index contributed by atoms with van der Waals surface area (Å²) in [5.41, 5.74) is 8.51. The number of nitrogen functional groups attached to an aromatic ring is 1. The molecule has 2 rings (SSSR count). The Labute approximate surface area is 129 Å². The predicted octanol–water partition coefficient (Wildman–Crippen LogP) is 2.89. The molecule has 0 spiro atoms. The lowest BCUT2D eigenvalue weighted by Gasteiger charge is -2.11. The number of esters is 1. The van der Waals surface area contributed by atoms with Crippen molar-refractivity contribution in [3.63, 3.8) is 0 Å². The number of ether oxygens (including phenoxy) is 1. The number of benzene rings is 1. The fourth-order valence-electron chi connectivity index (χ4n) is 2.11. The molecule has 1 atom stereocenters. The summed E-state index contributed by atoms with van der Waals surface area (Å²) < 4.78 is 4.89. The third kappa shape index (κ3) is 3.61. The van der Waals surface area contributed by atoms with Crippen molar-refractivity contribution in [2.45, 2.75) is 19.3 Å². The molecule has 1 aromatic heterocycles. The maximum absolute atomic E-state index is 11.6. The lowest BCUT2D eigenvalue weighted by molar-refractivity contribution is -0.143. The normalized spacial score (nSPS) is 11.5. The standard InChI is InChI=1S/C17H17N3O2/c1-2-22-16(21)10-13(11-18)15-9-8-14(19)17(20-15)12-6-4-3-5-7-12/h3-9,13H,2,10,19H2,1H3. The Hall–Kier alpha value is -2.87. The summed E-state index contributed by atoms with van der Waals surface area (Å²) in [6, 6.07) is 15.0. The molecule has 5 heteroatoms. The summed E-state index contributed by atoms with van der Waals surface area (Å²) in [7, 11) is 0. The number of anilines is 1. The minimum absolute atomic E-state index is 0.0184. The van der Waals surface area contributed by atoms with Crippen LogP contribution < -0.4 is 5.73 Å². The van der Waals surface area contributed by atoms with Crippen LogP contribution in [-0.4, -0.2) is 17.6 Å². The van der Waals surface area contributed by atoms with E-state index >= 15 is 0 Å². The van der Waals surface area contributed by atoms with Crippen LogP contribution in [0, 0.1) is 11.3 Å². The quantitative estimate of drug-likeness (QED) is 0.857. The molecule has 5 nitrogen and oxygen atoms in total. The molecule has 1 aromatic carbocycles. The topological polar surface area (TPSA) is 89.0 Å². The average molecular weight is 295 g/mol. The number of carbonyl (C=O) groups is 1. The van der Waals surface area contributed by atoms with Gasteiger partial charge < -0.3 is 10.5 Å². The third-order valence-corrected chi connectivity index (χ3v) is 3.18. The van der Waals surface area contributed by atoms with E-state index in [2.05, 4.69) is 11.1 Å². The fourth-order valence-corrected chi connectivity index (χ4v) is 2.11. The van der Waals surface area contributed by atoms with Gasteiger partial charge in [-0.3, -0.25) is 4.79 Å². The Balaban J connectivity index is 2.32. The molecular formula is C17H17N3O2. The van der Waals surface area contributed by atoms with Gasteiger partial charge in [0.2, 0.25) is 0 Å². The first kappa shape index (κ1) is 15.5. The third-order valence-electron chi connectivity index (χ3n) is 3.18. The van der Waals surface area contributed by atoms with Crippen molar-refractivity contribution >= 4 is 11.7 Å². The van der Waals surface area contributed by atoms with E-state index in [0.717, 1.165) is 5.56 Å². The highest BCUT2D eigenvalue weighted by Gasteiger charge is 2.19. The van der Waals surface area contributed by atoms with Crippen LogP contribution in [-0.2, 0) is 9.53 Å². The van der Waals surface area contributed by atoms with Gasteiger partial charge in [-0.2, -0.15) is 5.26 Å². The number of nitrogens with zero attached hydrogens (tertiary/aromatic N) is 2. The van der Waals surface area contributed by atoms with Crippen molar-refractivity contribution in [3.05, 3.63) is 48.2 Å². The van der Waals surface area contributed by atoms with Gasteiger partial charge in [-0.25, -0.2) is 4.98 Å². The molecule has 0 aliphatic rings. The van der Waals surface area contributed by atoms with Gasteiger partial charge in [0.15, 0.2) is 0 Å². The van der Waals surface area contributed by atoms with Crippen LogP contribution in [0.1, 0.15) is 25.0 Å². The zero-order chi connectivity index (χ0) is 15.9. The maximum atomic E-state index is 11.6. The Bertz CT molecular complexity index is 693. The number of rotatable bonds is 5. The van der Waals surface area contributed by atoms with Gasteiger partial charge in [0.1, 0.15) is 0 Å². The second kappa shape index (κ2) is 7.23. The molecule has 0 fully saturated rings. The number of pyridine rings is 1. The molecule has 0 amide bonds.